The summed E-state index contributed by atoms with van der Waals surface area (Å²) in [4.78, 5) is 0. The Kier molecular flexibility index (Phi) is 2.65. The largest absolute Gasteiger partial charge is 0.508 e. The van der Waals surface area contributed by atoms with Crippen LogP contribution in [0.15, 0.2) is 18.2 Å². The molecule has 0 aliphatic carbocycles. The molecule has 0 spiro atoms. The van der Waals surface area contributed by atoms with Gasteiger partial charge in [-0.2, -0.15) is 0 Å². The summed E-state index contributed by atoms with van der Waals surface area (Å²) in [5.74, 6) is -0.169. The Labute approximate surface area is 81.9 Å². The maximum absolute atomic E-state index is 12.9. The molecular formula is C10H13FN2O. The van der Waals surface area contributed by atoms with Crippen LogP contribution in [0.4, 0.5) is 4.39 Å². The second-order valence-electron chi connectivity index (χ2n) is 3.41. The van der Waals surface area contributed by atoms with Gasteiger partial charge in [0.05, 0.1) is 0 Å². The van der Waals surface area contributed by atoms with Gasteiger partial charge in [-0.1, -0.05) is 0 Å². The third kappa shape index (κ3) is 1.86. The van der Waals surface area contributed by atoms with Gasteiger partial charge in [0.1, 0.15) is 11.6 Å². The van der Waals surface area contributed by atoms with E-state index in [1.807, 2.05) is 0 Å². The zero-order valence-electron chi connectivity index (χ0n) is 7.76. The number of rotatable bonds is 1. The minimum Gasteiger partial charge on any atom is -0.508 e. The zero-order chi connectivity index (χ0) is 9.97. The molecule has 3 N–H and O–H groups in total. The van der Waals surface area contributed by atoms with Gasteiger partial charge in [-0.25, -0.2) is 4.39 Å². The highest BCUT2D eigenvalue weighted by molar-refractivity contribution is 5.35. The molecule has 0 bridgehead atoms. The number of phenols is 1. The topological polar surface area (TPSA) is 44.3 Å². The Morgan fingerprint density at radius 1 is 1.36 bits per heavy atom. The smallest absolute Gasteiger partial charge is 0.123 e. The fraction of sp³-hybridized carbons (Fsp3) is 0.400. The van der Waals surface area contributed by atoms with E-state index in [4.69, 9.17) is 0 Å². The van der Waals surface area contributed by atoms with E-state index in [0.29, 0.717) is 5.56 Å². The lowest BCUT2D eigenvalue weighted by Gasteiger charge is -2.25. The predicted molar refractivity (Wildman–Crippen MR) is 51.7 cm³/mol. The first-order valence-electron chi connectivity index (χ1n) is 4.70. The van der Waals surface area contributed by atoms with E-state index in [-0.39, 0.29) is 17.6 Å². The van der Waals surface area contributed by atoms with Crippen LogP contribution >= 0.6 is 0 Å². The molecule has 1 saturated heterocycles. The van der Waals surface area contributed by atoms with Crippen LogP contribution in [0.5, 0.6) is 5.75 Å². The number of hydrogen-bond donors (Lipinski definition) is 3. The summed E-state index contributed by atoms with van der Waals surface area (Å²) in [5, 5.41) is 16.0. The van der Waals surface area contributed by atoms with Crippen molar-refractivity contribution >= 4 is 0 Å². The average molecular weight is 196 g/mol. The lowest BCUT2D eigenvalue weighted by molar-refractivity contribution is 0.402. The average Bonchev–Trinajstić information content (AvgIpc) is 2.23. The van der Waals surface area contributed by atoms with Crippen LogP contribution in [0, 0.1) is 5.82 Å². The SMILES string of the molecule is Oc1ccc(F)cc1[C@@H]1CNCCN1. The molecule has 1 fully saturated rings. The first-order valence-corrected chi connectivity index (χ1v) is 4.70. The molecule has 1 aromatic carbocycles. The second kappa shape index (κ2) is 3.94. The van der Waals surface area contributed by atoms with Crippen molar-refractivity contribution in [3.8, 4) is 5.75 Å². The third-order valence-electron chi connectivity index (χ3n) is 2.41. The van der Waals surface area contributed by atoms with Crippen molar-refractivity contribution in [3.05, 3.63) is 29.6 Å². The van der Waals surface area contributed by atoms with Crippen molar-refractivity contribution in [1.29, 1.82) is 0 Å². The Hall–Kier alpha value is -1.13. The minimum absolute atomic E-state index is 0.000509. The number of nitrogens with one attached hydrogen (secondary N) is 2. The molecule has 1 aliphatic rings. The molecular weight excluding hydrogens is 183 g/mol. The van der Waals surface area contributed by atoms with Gasteiger partial charge in [0.25, 0.3) is 0 Å². The van der Waals surface area contributed by atoms with E-state index in [2.05, 4.69) is 10.6 Å². The van der Waals surface area contributed by atoms with Gasteiger partial charge < -0.3 is 15.7 Å². The Morgan fingerprint density at radius 2 is 2.21 bits per heavy atom. The summed E-state index contributed by atoms with van der Waals surface area (Å²) in [6, 6.07) is 4.02. The van der Waals surface area contributed by atoms with E-state index in [9.17, 15) is 9.50 Å². The Morgan fingerprint density at radius 3 is 2.93 bits per heavy atom. The van der Waals surface area contributed by atoms with E-state index in [0.717, 1.165) is 19.6 Å². The van der Waals surface area contributed by atoms with Crippen LogP contribution in [0.1, 0.15) is 11.6 Å². The molecule has 3 nitrogen and oxygen atoms in total. The van der Waals surface area contributed by atoms with E-state index in [1.165, 1.54) is 18.2 Å². The van der Waals surface area contributed by atoms with Crippen LogP contribution in [-0.4, -0.2) is 24.7 Å². The van der Waals surface area contributed by atoms with E-state index in [1.54, 1.807) is 0 Å². The van der Waals surface area contributed by atoms with Gasteiger partial charge in [0, 0.05) is 31.2 Å². The van der Waals surface area contributed by atoms with Gasteiger partial charge in [-0.3, -0.25) is 0 Å². The molecule has 1 atom stereocenters. The van der Waals surface area contributed by atoms with Gasteiger partial charge in [0.2, 0.25) is 0 Å². The summed E-state index contributed by atoms with van der Waals surface area (Å²) in [5.41, 5.74) is 0.622. The van der Waals surface area contributed by atoms with Crippen LogP contribution < -0.4 is 10.6 Å². The highest BCUT2D eigenvalue weighted by Gasteiger charge is 2.17. The van der Waals surface area contributed by atoms with Gasteiger partial charge >= 0.3 is 0 Å². The molecule has 2 rings (SSSR count). The number of aromatic hydroxyl groups is 1. The van der Waals surface area contributed by atoms with Gasteiger partial charge in [-0.15, -0.1) is 0 Å². The first-order chi connectivity index (χ1) is 6.77. The molecule has 1 heterocycles. The van der Waals surface area contributed by atoms with Crippen LogP contribution in [0.25, 0.3) is 0 Å². The number of benzene rings is 1. The molecule has 0 aromatic heterocycles. The van der Waals surface area contributed by atoms with Gasteiger partial charge in [0.15, 0.2) is 0 Å². The zero-order valence-corrected chi connectivity index (χ0v) is 7.76. The minimum atomic E-state index is -0.315. The fourth-order valence-electron chi connectivity index (χ4n) is 1.68. The highest BCUT2D eigenvalue weighted by Crippen LogP contribution is 2.25. The molecule has 4 heteroatoms. The summed E-state index contributed by atoms with van der Waals surface area (Å²) in [7, 11) is 0. The quantitative estimate of drug-likeness (QED) is 0.621. The fourth-order valence-corrected chi connectivity index (χ4v) is 1.68. The summed E-state index contributed by atoms with van der Waals surface area (Å²) >= 11 is 0. The summed E-state index contributed by atoms with van der Waals surface area (Å²) in [6.07, 6.45) is 0. The molecule has 0 amide bonds. The van der Waals surface area contributed by atoms with Crippen molar-refractivity contribution in [2.24, 2.45) is 0 Å². The lowest BCUT2D eigenvalue weighted by Crippen LogP contribution is -2.42. The van der Waals surface area contributed by atoms with E-state index >= 15 is 0 Å². The van der Waals surface area contributed by atoms with Crippen LogP contribution in [0.2, 0.25) is 0 Å². The molecule has 0 radical (unpaired) electrons. The van der Waals surface area contributed by atoms with Crippen LogP contribution in [0.3, 0.4) is 0 Å². The highest BCUT2D eigenvalue weighted by atomic mass is 19.1. The van der Waals surface area contributed by atoms with Crippen LogP contribution in [-0.2, 0) is 0 Å². The van der Waals surface area contributed by atoms with Crippen molar-refractivity contribution in [1.82, 2.24) is 10.6 Å². The first kappa shape index (κ1) is 9.43. The third-order valence-corrected chi connectivity index (χ3v) is 2.41. The molecule has 0 saturated carbocycles. The maximum Gasteiger partial charge on any atom is 0.123 e. The van der Waals surface area contributed by atoms with Crippen molar-refractivity contribution in [3.63, 3.8) is 0 Å². The van der Waals surface area contributed by atoms with Crippen molar-refractivity contribution < 1.29 is 9.50 Å². The number of piperazine rings is 1. The van der Waals surface area contributed by atoms with Crippen molar-refractivity contribution in [2.45, 2.75) is 6.04 Å². The Bertz CT molecular complexity index is 324. The monoisotopic (exact) mass is 196 g/mol. The molecule has 1 aromatic rings. The Balaban J connectivity index is 2.24. The molecule has 14 heavy (non-hydrogen) atoms. The number of hydrogen-bond acceptors (Lipinski definition) is 3. The van der Waals surface area contributed by atoms with Gasteiger partial charge in [-0.05, 0) is 18.2 Å². The predicted octanol–water partition coefficient (Wildman–Crippen LogP) is 0.765. The lowest BCUT2D eigenvalue weighted by atomic mass is 10.0. The molecule has 1 aliphatic heterocycles. The van der Waals surface area contributed by atoms with Crippen molar-refractivity contribution in [2.75, 3.05) is 19.6 Å². The normalized spacial score (nSPS) is 22.2. The summed E-state index contributed by atoms with van der Waals surface area (Å²) in [6.45, 7) is 2.46. The maximum atomic E-state index is 12.9. The summed E-state index contributed by atoms with van der Waals surface area (Å²) < 4.78 is 12.9. The molecule has 0 unspecified atom stereocenters. The van der Waals surface area contributed by atoms with E-state index < -0.39 is 0 Å². The number of phenolic OH excluding ortho intramolecular Hbond substituents is 1. The number of halogens is 1. The molecule has 76 valence electrons. The second-order valence-corrected chi connectivity index (χ2v) is 3.41. The standard InChI is InChI=1S/C10H13FN2O/c11-7-1-2-10(14)8(5-7)9-6-12-3-4-13-9/h1-2,5,9,12-14H,3-4,6H2/t9-/m0/s1.